The molecule has 0 spiro atoms. The van der Waals surface area contributed by atoms with E-state index in [1.54, 1.807) is 0 Å². The lowest BCUT2D eigenvalue weighted by Crippen LogP contribution is -2.64. The van der Waals surface area contributed by atoms with Gasteiger partial charge in [0.25, 0.3) is 0 Å². The summed E-state index contributed by atoms with van der Waals surface area (Å²) in [6.07, 6.45) is -0.260. The Labute approximate surface area is 202 Å². The smallest absolute Gasteiger partial charge is 0.238 e. The van der Waals surface area contributed by atoms with Crippen LogP contribution in [0.1, 0.15) is 22.3 Å². The predicted molar refractivity (Wildman–Crippen MR) is 138 cm³/mol. The molecule has 0 radical (unpaired) electrons. The zero-order chi connectivity index (χ0) is 23.0. The van der Waals surface area contributed by atoms with Crippen LogP contribution in [0.15, 0.2) is 36.4 Å². The second-order valence-electron chi connectivity index (χ2n) is 8.09. The molecular formula is C23H26N4O2S3. The number of anilines is 2. The van der Waals surface area contributed by atoms with Gasteiger partial charge in [-0.25, -0.2) is 0 Å². The number of para-hydroxylation sites is 1. The average molecular weight is 487 g/mol. The van der Waals surface area contributed by atoms with E-state index in [-0.39, 0.29) is 34.5 Å². The third-order valence-corrected chi connectivity index (χ3v) is 8.17. The predicted octanol–water partition coefficient (Wildman–Crippen LogP) is 3.83. The van der Waals surface area contributed by atoms with Crippen LogP contribution >= 0.6 is 35.7 Å². The number of hydrogen-bond acceptors (Lipinski definition) is 6. The van der Waals surface area contributed by atoms with Crippen molar-refractivity contribution >= 4 is 63.3 Å². The Hall–Kier alpha value is -2.07. The number of rotatable bonds is 5. The molecule has 2 saturated heterocycles. The minimum absolute atomic E-state index is 0.0692. The average Bonchev–Trinajstić information content (AvgIpc) is 3.06. The lowest BCUT2D eigenvalue weighted by molar-refractivity contribution is -0.122. The molecule has 0 aromatic heterocycles. The second-order valence-corrected chi connectivity index (χ2v) is 11.0. The van der Waals surface area contributed by atoms with Crippen molar-refractivity contribution < 1.29 is 9.59 Å². The van der Waals surface area contributed by atoms with Crippen molar-refractivity contribution in [3.05, 3.63) is 58.7 Å². The summed E-state index contributed by atoms with van der Waals surface area (Å²) in [5.74, 6) is 0.0416. The van der Waals surface area contributed by atoms with Crippen LogP contribution in [0.2, 0.25) is 0 Å². The van der Waals surface area contributed by atoms with Crippen LogP contribution in [-0.4, -0.2) is 38.8 Å². The molecule has 2 aliphatic heterocycles. The Morgan fingerprint density at radius 3 is 2.53 bits per heavy atom. The molecule has 6 nitrogen and oxygen atoms in total. The second kappa shape index (κ2) is 9.43. The first-order valence-corrected chi connectivity index (χ1v) is 12.7. The standard InChI is InChI=1S/C23H26N4O2S3/c1-12-9-14(3)18(15(4)10-12)24-17(28)11-31-22-25-20-19(21(29)26-22)32-23(30)27(20)16-8-6-5-7-13(16)2/h5-10,19-20,22,25H,11H2,1-4H3,(H,24,28)(H,26,29). The Balaban J connectivity index is 1.43. The molecule has 3 N–H and O–H groups in total. The molecule has 2 heterocycles. The Kier molecular flexibility index (Phi) is 6.80. The van der Waals surface area contributed by atoms with E-state index >= 15 is 0 Å². The summed E-state index contributed by atoms with van der Waals surface area (Å²) in [4.78, 5) is 27.4. The first-order chi connectivity index (χ1) is 15.2. The summed E-state index contributed by atoms with van der Waals surface area (Å²) in [6, 6.07) is 12.1. The number of nitrogens with zero attached hydrogens (tertiary/aromatic N) is 1. The van der Waals surface area contributed by atoms with E-state index in [2.05, 4.69) is 28.1 Å². The third-order valence-electron chi connectivity index (χ3n) is 5.54. The van der Waals surface area contributed by atoms with Gasteiger partial charge in [-0.1, -0.05) is 59.9 Å². The van der Waals surface area contributed by atoms with Crippen molar-refractivity contribution in [2.75, 3.05) is 16.0 Å². The monoisotopic (exact) mass is 486 g/mol. The van der Waals surface area contributed by atoms with Crippen LogP contribution in [0, 0.1) is 27.7 Å². The van der Waals surface area contributed by atoms with Gasteiger partial charge in [0, 0.05) is 11.4 Å². The van der Waals surface area contributed by atoms with Crippen LogP contribution in [0.4, 0.5) is 11.4 Å². The highest BCUT2D eigenvalue weighted by atomic mass is 32.2. The number of thiocarbonyl (C=S) groups is 1. The van der Waals surface area contributed by atoms with E-state index in [0.717, 1.165) is 28.1 Å². The number of carbonyl (C=O) groups is 2. The van der Waals surface area contributed by atoms with Gasteiger partial charge >= 0.3 is 0 Å². The maximum Gasteiger partial charge on any atom is 0.238 e. The number of nitrogens with one attached hydrogen (secondary N) is 3. The summed E-state index contributed by atoms with van der Waals surface area (Å²) in [5.41, 5.74) is 5.80. The van der Waals surface area contributed by atoms with E-state index in [1.807, 2.05) is 56.9 Å². The Morgan fingerprint density at radius 2 is 1.84 bits per heavy atom. The maximum atomic E-state index is 12.8. The fourth-order valence-corrected chi connectivity index (χ4v) is 6.52. The maximum absolute atomic E-state index is 12.8. The normalized spacial score (nSPS) is 22.5. The molecule has 168 valence electrons. The van der Waals surface area contributed by atoms with Gasteiger partial charge in [0.2, 0.25) is 11.8 Å². The van der Waals surface area contributed by atoms with Crippen molar-refractivity contribution in [3.8, 4) is 0 Å². The zero-order valence-corrected chi connectivity index (χ0v) is 20.8. The van der Waals surface area contributed by atoms with E-state index in [4.69, 9.17) is 12.2 Å². The lowest BCUT2D eigenvalue weighted by Gasteiger charge is -2.37. The van der Waals surface area contributed by atoms with Crippen LogP contribution < -0.4 is 20.9 Å². The number of aryl methyl sites for hydroxylation is 4. The molecule has 0 aliphatic carbocycles. The first-order valence-electron chi connectivity index (χ1n) is 10.4. The topological polar surface area (TPSA) is 73.5 Å². The highest BCUT2D eigenvalue weighted by Gasteiger charge is 2.48. The SMILES string of the molecule is Cc1cc(C)c(NC(=O)CSC2NC(=O)C3SC(=S)N(c4ccccc4C)C3N2)c(C)c1. The minimum atomic E-state index is -0.386. The Bertz CT molecular complexity index is 1070. The highest BCUT2D eigenvalue weighted by molar-refractivity contribution is 8.24. The van der Waals surface area contributed by atoms with E-state index in [0.29, 0.717) is 4.32 Å². The molecule has 0 saturated carbocycles. The molecular weight excluding hydrogens is 460 g/mol. The summed E-state index contributed by atoms with van der Waals surface area (Å²) in [6.45, 7) is 8.06. The summed E-state index contributed by atoms with van der Waals surface area (Å²) in [5, 5.41) is 9.13. The van der Waals surface area contributed by atoms with Crippen LogP contribution in [0.5, 0.6) is 0 Å². The van der Waals surface area contributed by atoms with E-state index < -0.39 is 0 Å². The van der Waals surface area contributed by atoms with Crippen molar-refractivity contribution in [2.45, 2.75) is 44.6 Å². The van der Waals surface area contributed by atoms with Gasteiger partial charge in [0.15, 0.2) is 0 Å². The fourth-order valence-electron chi connectivity index (χ4n) is 4.13. The molecule has 32 heavy (non-hydrogen) atoms. The number of thioether (sulfide) groups is 2. The number of hydrogen-bond donors (Lipinski definition) is 3. The van der Waals surface area contributed by atoms with Crippen LogP contribution in [0.3, 0.4) is 0 Å². The van der Waals surface area contributed by atoms with E-state index in [1.165, 1.54) is 29.1 Å². The number of amides is 2. The first kappa shape index (κ1) is 23.1. The van der Waals surface area contributed by atoms with Gasteiger partial charge < -0.3 is 15.5 Å². The number of fused-ring (bicyclic) bond motifs is 1. The highest BCUT2D eigenvalue weighted by Crippen LogP contribution is 2.38. The fraction of sp³-hybridized carbons (Fsp3) is 0.348. The molecule has 3 atom stereocenters. The van der Waals surface area contributed by atoms with Crippen molar-refractivity contribution in [1.29, 1.82) is 0 Å². The Morgan fingerprint density at radius 1 is 1.16 bits per heavy atom. The molecule has 2 amide bonds. The van der Waals surface area contributed by atoms with Gasteiger partial charge in [-0.2, -0.15) is 0 Å². The van der Waals surface area contributed by atoms with Gasteiger partial charge in [0.1, 0.15) is 21.2 Å². The molecule has 2 fully saturated rings. The molecule has 4 rings (SSSR count). The van der Waals surface area contributed by atoms with Gasteiger partial charge in [-0.05, 0) is 50.5 Å². The zero-order valence-electron chi connectivity index (χ0n) is 18.4. The molecule has 2 aromatic carbocycles. The summed E-state index contributed by atoms with van der Waals surface area (Å²) in [7, 11) is 0. The third kappa shape index (κ3) is 4.66. The molecule has 9 heteroatoms. The quantitative estimate of drug-likeness (QED) is 0.555. The minimum Gasteiger partial charge on any atom is -0.331 e. The molecule has 2 aromatic rings. The van der Waals surface area contributed by atoms with Gasteiger partial charge in [0.05, 0.1) is 5.75 Å². The number of benzene rings is 2. The number of carbonyl (C=O) groups excluding carboxylic acids is 2. The largest absolute Gasteiger partial charge is 0.331 e. The van der Waals surface area contributed by atoms with Crippen molar-refractivity contribution in [1.82, 2.24) is 10.6 Å². The molecule has 0 bridgehead atoms. The lowest BCUT2D eigenvalue weighted by atomic mass is 10.1. The molecule has 2 aliphatic rings. The summed E-state index contributed by atoms with van der Waals surface area (Å²) < 4.78 is 0.672. The van der Waals surface area contributed by atoms with Crippen LogP contribution in [0.25, 0.3) is 0 Å². The van der Waals surface area contributed by atoms with Crippen molar-refractivity contribution in [3.63, 3.8) is 0 Å². The summed E-state index contributed by atoms with van der Waals surface area (Å²) >= 11 is 8.36. The molecule has 3 unspecified atom stereocenters. The van der Waals surface area contributed by atoms with Gasteiger partial charge in [-0.15, -0.1) is 11.8 Å². The van der Waals surface area contributed by atoms with Crippen molar-refractivity contribution in [2.24, 2.45) is 0 Å². The van der Waals surface area contributed by atoms with E-state index in [9.17, 15) is 9.59 Å². The van der Waals surface area contributed by atoms with Crippen LogP contribution in [-0.2, 0) is 9.59 Å². The van der Waals surface area contributed by atoms with Gasteiger partial charge in [-0.3, -0.25) is 14.9 Å².